The molecule has 0 aliphatic carbocycles. The number of rotatable bonds is 3. The standard InChI is InChI=1S/C16H16FNO/c1-18-10-11-5-6-15(17)14(9-11)13-4-2-3-12-7-8-19-16(12)13/h2-6,9,18H,7-8,10H2,1H3. The fourth-order valence-electron chi connectivity index (χ4n) is 2.52. The Bertz CT molecular complexity index is 610. The van der Waals surface area contributed by atoms with Crippen molar-refractivity contribution < 1.29 is 9.13 Å². The molecule has 0 aromatic heterocycles. The highest BCUT2D eigenvalue weighted by Crippen LogP contribution is 2.38. The van der Waals surface area contributed by atoms with Gasteiger partial charge in [0.25, 0.3) is 0 Å². The third-order valence-electron chi connectivity index (χ3n) is 3.42. The van der Waals surface area contributed by atoms with E-state index in [1.807, 2.05) is 31.3 Å². The Balaban J connectivity index is 2.11. The molecule has 2 aromatic carbocycles. The third-order valence-corrected chi connectivity index (χ3v) is 3.42. The van der Waals surface area contributed by atoms with E-state index in [2.05, 4.69) is 5.32 Å². The minimum Gasteiger partial charge on any atom is -0.492 e. The molecule has 0 unspecified atom stereocenters. The highest BCUT2D eigenvalue weighted by atomic mass is 19.1. The molecular formula is C16H16FNO. The molecule has 1 heterocycles. The molecule has 0 saturated carbocycles. The second kappa shape index (κ2) is 5.02. The zero-order valence-corrected chi connectivity index (χ0v) is 10.9. The lowest BCUT2D eigenvalue weighted by atomic mass is 9.99. The highest BCUT2D eigenvalue weighted by molar-refractivity contribution is 5.73. The Morgan fingerprint density at radius 3 is 2.95 bits per heavy atom. The van der Waals surface area contributed by atoms with Crippen LogP contribution in [0, 0.1) is 5.82 Å². The number of para-hydroxylation sites is 1. The number of halogens is 1. The molecule has 98 valence electrons. The van der Waals surface area contributed by atoms with Crippen LogP contribution in [0.1, 0.15) is 11.1 Å². The molecule has 2 aromatic rings. The Morgan fingerprint density at radius 1 is 1.21 bits per heavy atom. The first kappa shape index (κ1) is 12.2. The normalized spacial score (nSPS) is 13.2. The highest BCUT2D eigenvalue weighted by Gasteiger charge is 2.19. The van der Waals surface area contributed by atoms with Gasteiger partial charge in [0.2, 0.25) is 0 Å². The van der Waals surface area contributed by atoms with E-state index in [4.69, 9.17) is 4.74 Å². The van der Waals surface area contributed by atoms with Gasteiger partial charge < -0.3 is 10.1 Å². The number of nitrogens with one attached hydrogen (secondary N) is 1. The van der Waals surface area contributed by atoms with Gasteiger partial charge in [0, 0.05) is 24.1 Å². The van der Waals surface area contributed by atoms with Crippen LogP contribution in [0.15, 0.2) is 36.4 Å². The van der Waals surface area contributed by atoms with Crippen molar-refractivity contribution in [2.24, 2.45) is 0 Å². The molecule has 3 rings (SSSR count). The minimum absolute atomic E-state index is 0.205. The number of fused-ring (bicyclic) bond motifs is 1. The van der Waals surface area contributed by atoms with Gasteiger partial charge in [-0.1, -0.05) is 24.3 Å². The largest absolute Gasteiger partial charge is 0.492 e. The van der Waals surface area contributed by atoms with Gasteiger partial charge in [-0.05, 0) is 30.3 Å². The van der Waals surface area contributed by atoms with E-state index in [1.165, 1.54) is 6.07 Å². The van der Waals surface area contributed by atoms with Crippen molar-refractivity contribution in [2.45, 2.75) is 13.0 Å². The first-order chi connectivity index (χ1) is 9.29. The van der Waals surface area contributed by atoms with Crippen LogP contribution in [0.3, 0.4) is 0 Å². The van der Waals surface area contributed by atoms with Gasteiger partial charge in [0.15, 0.2) is 0 Å². The zero-order chi connectivity index (χ0) is 13.2. The molecule has 0 amide bonds. The zero-order valence-electron chi connectivity index (χ0n) is 10.9. The molecular weight excluding hydrogens is 241 g/mol. The average molecular weight is 257 g/mol. The van der Waals surface area contributed by atoms with Gasteiger partial charge in [0.1, 0.15) is 11.6 Å². The molecule has 1 aliphatic rings. The molecule has 0 radical (unpaired) electrons. The maximum atomic E-state index is 14.1. The van der Waals surface area contributed by atoms with Crippen molar-refractivity contribution in [3.8, 4) is 16.9 Å². The number of hydrogen-bond acceptors (Lipinski definition) is 2. The summed E-state index contributed by atoms with van der Waals surface area (Å²) >= 11 is 0. The van der Waals surface area contributed by atoms with Crippen LogP contribution in [-0.2, 0) is 13.0 Å². The van der Waals surface area contributed by atoms with Gasteiger partial charge in [-0.2, -0.15) is 0 Å². The van der Waals surface area contributed by atoms with E-state index in [0.717, 1.165) is 35.4 Å². The smallest absolute Gasteiger partial charge is 0.131 e. The number of ether oxygens (including phenoxy) is 1. The predicted octanol–water partition coefficient (Wildman–Crippen LogP) is 3.15. The number of benzene rings is 2. The van der Waals surface area contributed by atoms with Crippen LogP contribution in [0.5, 0.6) is 5.75 Å². The van der Waals surface area contributed by atoms with Crippen molar-refractivity contribution in [3.63, 3.8) is 0 Å². The summed E-state index contributed by atoms with van der Waals surface area (Å²) < 4.78 is 19.7. The summed E-state index contributed by atoms with van der Waals surface area (Å²) in [5.41, 5.74) is 3.70. The SMILES string of the molecule is CNCc1ccc(F)c(-c2cccc3c2OCC3)c1. The van der Waals surface area contributed by atoms with Crippen LogP contribution in [0.25, 0.3) is 11.1 Å². The molecule has 0 atom stereocenters. The molecule has 1 aliphatic heterocycles. The second-order valence-electron chi connectivity index (χ2n) is 4.74. The van der Waals surface area contributed by atoms with Crippen LogP contribution >= 0.6 is 0 Å². The molecule has 0 saturated heterocycles. The van der Waals surface area contributed by atoms with Crippen LogP contribution < -0.4 is 10.1 Å². The lowest BCUT2D eigenvalue weighted by Crippen LogP contribution is -2.05. The summed E-state index contributed by atoms with van der Waals surface area (Å²) in [4.78, 5) is 0. The summed E-state index contributed by atoms with van der Waals surface area (Å²) in [6, 6.07) is 11.2. The maximum Gasteiger partial charge on any atom is 0.131 e. The summed E-state index contributed by atoms with van der Waals surface area (Å²) in [6.45, 7) is 1.41. The molecule has 0 fully saturated rings. The van der Waals surface area contributed by atoms with Crippen molar-refractivity contribution in [2.75, 3.05) is 13.7 Å². The van der Waals surface area contributed by atoms with Gasteiger partial charge in [-0.25, -0.2) is 4.39 Å². The Hall–Kier alpha value is -1.87. The predicted molar refractivity (Wildman–Crippen MR) is 73.8 cm³/mol. The van der Waals surface area contributed by atoms with E-state index in [9.17, 15) is 4.39 Å². The average Bonchev–Trinajstić information content (AvgIpc) is 2.89. The van der Waals surface area contributed by atoms with Gasteiger partial charge >= 0.3 is 0 Å². The van der Waals surface area contributed by atoms with E-state index in [0.29, 0.717) is 12.2 Å². The van der Waals surface area contributed by atoms with E-state index in [-0.39, 0.29) is 5.82 Å². The fraction of sp³-hybridized carbons (Fsp3) is 0.250. The Labute approximate surface area is 112 Å². The van der Waals surface area contributed by atoms with E-state index >= 15 is 0 Å². The molecule has 0 spiro atoms. The van der Waals surface area contributed by atoms with Crippen LogP contribution in [0.4, 0.5) is 4.39 Å². The lowest BCUT2D eigenvalue weighted by Gasteiger charge is -2.11. The first-order valence-corrected chi connectivity index (χ1v) is 6.47. The van der Waals surface area contributed by atoms with Crippen molar-refractivity contribution >= 4 is 0 Å². The fourth-order valence-corrected chi connectivity index (χ4v) is 2.52. The summed E-state index contributed by atoms with van der Waals surface area (Å²) in [7, 11) is 1.88. The Kier molecular flexibility index (Phi) is 3.22. The van der Waals surface area contributed by atoms with Crippen LogP contribution in [-0.4, -0.2) is 13.7 Å². The van der Waals surface area contributed by atoms with Crippen molar-refractivity contribution in [1.82, 2.24) is 5.32 Å². The summed E-state index contributed by atoms with van der Waals surface area (Å²) in [6.07, 6.45) is 0.904. The molecule has 1 N–H and O–H groups in total. The molecule has 2 nitrogen and oxygen atoms in total. The topological polar surface area (TPSA) is 21.3 Å². The lowest BCUT2D eigenvalue weighted by molar-refractivity contribution is 0.358. The van der Waals surface area contributed by atoms with Gasteiger partial charge in [0.05, 0.1) is 6.61 Å². The second-order valence-corrected chi connectivity index (χ2v) is 4.74. The van der Waals surface area contributed by atoms with E-state index < -0.39 is 0 Å². The van der Waals surface area contributed by atoms with E-state index in [1.54, 1.807) is 6.07 Å². The van der Waals surface area contributed by atoms with Gasteiger partial charge in [-0.3, -0.25) is 0 Å². The minimum atomic E-state index is -0.205. The third kappa shape index (κ3) is 2.22. The van der Waals surface area contributed by atoms with Crippen molar-refractivity contribution in [3.05, 3.63) is 53.3 Å². The van der Waals surface area contributed by atoms with Crippen molar-refractivity contribution in [1.29, 1.82) is 0 Å². The molecule has 19 heavy (non-hydrogen) atoms. The molecule has 3 heteroatoms. The molecule has 0 bridgehead atoms. The maximum absolute atomic E-state index is 14.1. The van der Waals surface area contributed by atoms with Crippen LogP contribution in [0.2, 0.25) is 0 Å². The Morgan fingerprint density at radius 2 is 2.11 bits per heavy atom. The quantitative estimate of drug-likeness (QED) is 0.912. The number of hydrogen-bond donors (Lipinski definition) is 1. The summed E-state index contributed by atoms with van der Waals surface area (Å²) in [5, 5.41) is 3.08. The monoisotopic (exact) mass is 257 g/mol. The first-order valence-electron chi connectivity index (χ1n) is 6.47. The van der Waals surface area contributed by atoms with Gasteiger partial charge in [-0.15, -0.1) is 0 Å². The summed E-state index contributed by atoms with van der Waals surface area (Å²) in [5.74, 6) is 0.631.